The van der Waals surface area contributed by atoms with Gasteiger partial charge in [-0.3, -0.25) is 0 Å². The summed E-state index contributed by atoms with van der Waals surface area (Å²) in [5.74, 6) is 0. The molecule has 0 fully saturated rings. The molecule has 0 aliphatic rings. The van der Waals surface area contributed by atoms with Gasteiger partial charge in [0.1, 0.15) is 6.29 Å². The molecule has 0 aromatic carbocycles. The molecule has 0 radical (unpaired) electrons. The van der Waals surface area contributed by atoms with Gasteiger partial charge < -0.3 is 4.79 Å². The first-order valence-corrected chi connectivity index (χ1v) is 3.85. The van der Waals surface area contributed by atoms with Gasteiger partial charge in [0.15, 0.2) is 0 Å². The molecule has 0 heterocycles. The summed E-state index contributed by atoms with van der Waals surface area (Å²) in [6.07, 6.45) is 3.08. The topological polar surface area (TPSA) is 17.1 Å². The van der Waals surface area contributed by atoms with E-state index in [9.17, 15) is 4.79 Å². The molecule has 0 spiro atoms. The zero-order valence-electron chi connectivity index (χ0n) is 5.28. The van der Waals surface area contributed by atoms with Crippen LogP contribution in [0.3, 0.4) is 0 Å². The van der Waals surface area contributed by atoms with E-state index in [1.807, 2.05) is 6.92 Å². The first kappa shape index (κ1) is 8.40. The average molecular weight is 226 g/mol. The van der Waals surface area contributed by atoms with Crippen molar-refractivity contribution in [2.75, 3.05) is 0 Å². The van der Waals surface area contributed by atoms with Crippen molar-refractivity contribution in [3.8, 4) is 0 Å². The molecule has 2 heteroatoms. The number of alkyl halides is 1. The number of halogens is 1. The monoisotopic (exact) mass is 226 g/mol. The summed E-state index contributed by atoms with van der Waals surface area (Å²) in [6, 6.07) is 0. The maximum absolute atomic E-state index is 10.2. The average Bonchev–Trinajstić information content (AvgIpc) is 1.67. The van der Waals surface area contributed by atoms with Crippen LogP contribution in [0.1, 0.15) is 26.7 Å². The van der Waals surface area contributed by atoms with E-state index < -0.39 is 0 Å². The summed E-state index contributed by atoms with van der Waals surface area (Å²) in [4.78, 5) is 10.2. The number of rotatable bonds is 3. The highest BCUT2D eigenvalue weighted by Crippen LogP contribution is 2.20. The maximum Gasteiger partial charge on any atom is 0.135 e. The standard InChI is InChI=1S/C6H11IO/c1-3-4-6(2,7)5-8/h5H,3-4H2,1-2H3. The third-order valence-corrected chi connectivity index (χ3v) is 1.78. The number of hydrogen-bond acceptors (Lipinski definition) is 1. The van der Waals surface area contributed by atoms with Gasteiger partial charge in [0.05, 0.1) is 3.42 Å². The summed E-state index contributed by atoms with van der Waals surface area (Å²) in [7, 11) is 0. The van der Waals surface area contributed by atoms with Gasteiger partial charge in [-0.25, -0.2) is 0 Å². The smallest absolute Gasteiger partial charge is 0.135 e. The lowest BCUT2D eigenvalue weighted by Crippen LogP contribution is -2.15. The SMILES string of the molecule is CCCC(C)(I)C=O. The van der Waals surface area contributed by atoms with Crippen molar-refractivity contribution >= 4 is 28.9 Å². The Hall–Kier alpha value is 0.400. The Balaban J connectivity index is 3.53. The Bertz CT molecular complexity index is 78.6. The molecular formula is C6H11IO. The lowest BCUT2D eigenvalue weighted by Gasteiger charge is -2.11. The molecule has 8 heavy (non-hydrogen) atoms. The van der Waals surface area contributed by atoms with E-state index in [4.69, 9.17) is 0 Å². The van der Waals surface area contributed by atoms with E-state index in [2.05, 4.69) is 29.5 Å². The number of carbonyl (C=O) groups excluding carboxylic acids is 1. The van der Waals surface area contributed by atoms with Gasteiger partial charge in [-0.1, -0.05) is 35.9 Å². The van der Waals surface area contributed by atoms with Crippen LogP contribution in [0, 0.1) is 0 Å². The molecule has 48 valence electrons. The van der Waals surface area contributed by atoms with Crippen molar-refractivity contribution in [3.05, 3.63) is 0 Å². The summed E-state index contributed by atoms with van der Waals surface area (Å²) >= 11 is 2.17. The van der Waals surface area contributed by atoms with Crippen LogP contribution in [-0.2, 0) is 4.79 Å². The van der Waals surface area contributed by atoms with Crippen molar-refractivity contribution < 1.29 is 4.79 Å². The number of aldehydes is 1. The normalized spacial score (nSPS) is 17.4. The van der Waals surface area contributed by atoms with E-state index >= 15 is 0 Å². The van der Waals surface area contributed by atoms with Gasteiger partial charge in [0.25, 0.3) is 0 Å². The van der Waals surface area contributed by atoms with Crippen LogP contribution in [-0.4, -0.2) is 9.71 Å². The molecular weight excluding hydrogens is 215 g/mol. The molecule has 0 aliphatic heterocycles. The van der Waals surface area contributed by atoms with E-state index in [1.54, 1.807) is 0 Å². The van der Waals surface area contributed by atoms with Gasteiger partial charge in [-0.05, 0) is 13.3 Å². The molecule has 0 rings (SSSR count). The fraction of sp³-hybridized carbons (Fsp3) is 0.833. The Kier molecular flexibility index (Phi) is 3.60. The minimum Gasteiger partial charge on any atom is -0.302 e. The Labute approximate surface area is 64.0 Å². The fourth-order valence-electron chi connectivity index (χ4n) is 0.548. The first-order valence-electron chi connectivity index (χ1n) is 2.77. The van der Waals surface area contributed by atoms with E-state index in [1.165, 1.54) is 0 Å². The minimum absolute atomic E-state index is 0.119. The molecule has 1 unspecified atom stereocenters. The highest BCUT2D eigenvalue weighted by Gasteiger charge is 2.15. The predicted molar refractivity (Wildman–Crippen MR) is 43.4 cm³/mol. The van der Waals surface area contributed by atoms with Crippen LogP contribution in [0.15, 0.2) is 0 Å². The molecule has 0 bridgehead atoms. The fourth-order valence-corrected chi connectivity index (χ4v) is 1.09. The van der Waals surface area contributed by atoms with Crippen LogP contribution < -0.4 is 0 Å². The van der Waals surface area contributed by atoms with Gasteiger partial charge in [0, 0.05) is 0 Å². The number of hydrogen-bond donors (Lipinski definition) is 0. The molecule has 0 amide bonds. The zero-order chi connectivity index (χ0) is 6.62. The summed E-state index contributed by atoms with van der Waals surface area (Å²) in [5, 5.41) is 0. The lowest BCUT2D eigenvalue weighted by atomic mass is 10.1. The van der Waals surface area contributed by atoms with Gasteiger partial charge in [0.2, 0.25) is 0 Å². The van der Waals surface area contributed by atoms with Gasteiger partial charge in [-0.15, -0.1) is 0 Å². The Morgan fingerprint density at radius 3 is 2.38 bits per heavy atom. The molecule has 0 saturated carbocycles. The third-order valence-electron chi connectivity index (χ3n) is 0.985. The summed E-state index contributed by atoms with van der Waals surface area (Å²) in [5.41, 5.74) is 0. The van der Waals surface area contributed by atoms with E-state index in [0.29, 0.717) is 0 Å². The van der Waals surface area contributed by atoms with Crippen molar-refractivity contribution in [2.45, 2.75) is 30.1 Å². The van der Waals surface area contributed by atoms with Crippen molar-refractivity contribution in [2.24, 2.45) is 0 Å². The first-order chi connectivity index (χ1) is 3.62. The molecule has 1 nitrogen and oxygen atoms in total. The minimum atomic E-state index is -0.119. The van der Waals surface area contributed by atoms with Crippen LogP contribution in [0.25, 0.3) is 0 Å². The molecule has 0 saturated heterocycles. The van der Waals surface area contributed by atoms with Crippen molar-refractivity contribution in [1.29, 1.82) is 0 Å². The molecule has 1 atom stereocenters. The maximum atomic E-state index is 10.2. The Morgan fingerprint density at radius 2 is 2.25 bits per heavy atom. The molecule has 0 aromatic rings. The predicted octanol–water partition coefficient (Wildman–Crippen LogP) is 2.18. The molecule has 0 N–H and O–H groups in total. The van der Waals surface area contributed by atoms with Crippen molar-refractivity contribution in [1.82, 2.24) is 0 Å². The second kappa shape index (κ2) is 3.43. The molecule has 0 aromatic heterocycles. The lowest BCUT2D eigenvalue weighted by molar-refractivity contribution is -0.109. The van der Waals surface area contributed by atoms with E-state index in [0.717, 1.165) is 19.1 Å². The highest BCUT2D eigenvalue weighted by molar-refractivity contribution is 14.1. The quantitative estimate of drug-likeness (QED) is 0.409. The van der Waals surface area contributed by atoms with Crippen LogP contribution in [0.5, 0.6) is 0 Å². The number of carbonyl (C=O) groups is 1. The van der Waals surface area contributed by atoms with E-state index in [-0.39, 0.29) is 3.42 Å². The summed E-state index contributed by atoms with van der Waals surface area (Å²) in [6.45, 7) is 4.03. The van der Waals surface area contributed by atoms with Crippen molar-refractivity contribution in [3.63, 3.8) is 0 Å². The zero-order valence-corrected chi connectivity index (χ0v) is 7.44. The van der Waals surface area contributed by atoms with Crippen LogP contribution >= 0.6 is 22.6 Å². The highest BCUT2D eigenvalue weighted by atomic mass is 127. The van der Waals surface area contributed by atoms with Crippen LogP contribution in [0.2, 0.25) is 0 Å². The largest absolute Gasteiger partial charge is 0.302 e. The van der Waals surface area contributed by atoms with Crippen LogP contribution in [0.4, 0.5) is 0 Å². The second-order valence-corrected chi connectivity index (χ2v) is 4.61. The Morgan fingerprint density at radius 1 is 1.75 bits per heavy atom. The van der Waals surface area contributed by atoms with Gasteiger partial charge >= 0.3 is 0 Å². The second-order valence-electron chi connectivity index (χ2n) is 2.15. The van der Waals surface area contributed by atoms with Gasteiger partial charge in [-0.2, -0.15) is 0 Å². The molecule has 0 aliphatic carbocycles. The third kappa shape index (κ3) is 3.41. The summed E-state index contributed by atoms with van der Waals surface area (Å²) < 4.78 is -0.119.